The second-order valence-corrected chi connectivity index (χ2v) is 22.9. The Morgan fingerprint density at radius 2 is 0.667 bits per heavy atom. The third kappa shape index (κ3) is 7.25. The maximum Gasteiger partial charge on any atom is 0.238 e. The molecule has 0 spiro atoms. The third-order valence-electron chi connectivity index (χ3n) is 15.0. The van der Waals surface area contributed by atoms with Crippen LogP contribution in [0.15, 0.2) is 285 Å². The molecule has 0 saturated heterocycles. The molecule has 11 aromatic carbocycles. The van der Waals surface area contributed by atoms with Crippen LogP contribution >= 0.6 is 0 Å². The SMILES string of the molecule is c1ccc(-c2nc(-c3ccc([Si](c4ccccc4)(c4ccccc4)c4ccccc4)cc3)nc(-n3c4ccccc4c4ccc5c6ccccc6n(-c6cccc(-c7ccccc7)c6-c6ccccc6)c5c43)n2)cc1. The van der Waals surface area contributed by atoms with Gasteiger partial charge in [-0.15, -0.1) is 0 Å². The van der Waals surface area contributed by atoms with Gasteiger partial charge in [-0.25, -0.2) is 4.98 Å². The molecule has 0 radical (unpaired) electrons. The highest BCUT2D eigenvalue weighted by molar-refractivity contribution is 7.19. The van der Waals surface area contributed by atoms with Gasteiger partial charge in [-0.3, -0.25) is 4.57 Å². The van der Waals surface area contributed by atoms with E-state index in [2.05, 4.69) is 276 Å². The summed E-state index contributed by atoms with van der Waals surface area (Å²) in [5.41, 5.74) is 11.7. The van der Waals surface area contributed by atoms with Gasteiger partial charge in [0.15, 0.2) is 19.7 Å². The standard InChI is InChI=1S/C69H47N5Si/c1-7-24-48(25-8-1)56-38-23-41-63(64(56)49-26-9-2-10-27-49)73-61-39-21-19-36-57(61)59-46-47-60-58-37-20-22-40-62(58)74(66(60)65(59)73)69-71-67(50-28-11-3-12-29-50)70-68(72-69)51-42-44-55(45-43-51)75(52-30-13-4-14-31-52,53-32-15-5-16-33-53)54-34-17-6-18-35-54/h1-47H. The number of aromatic nitrogens is 5. The van der Waals surface area contributed by atoms with Crippen LogP contribution < -0.4 is 20.7 Å². The summed E-state index contributed by atoms with van der Waals surface area (Å²) in [5.74, 6) is 1.74. The van der Waals surface area contributed by atoms with E-state index in [0.717, 1.165) is 82.7 Å². The van der Waals surface area contributed by atoms with E-state index in [4.69, 9.17) is 15.0 Å². The van der Waals surface area contributed by atoms with E-state index in [1.54, 1.807) is 0 Å². The fraction of sp³-hybridized carbons (Fsp3) is 0. The van der Waals surface area contributed by atoms with E-state index < -0.39 is 8.07 Å². The van der Waals surface area contributed by atoms with Crippen LogP contribution in [0, 0.1) is 0 Å². The normalized spacial score (nSPS) is 11.7. The van der Waals surface area contributed by atoms with Crippen LogP contribution in [0.4, 0.5) is 0 Å². The minimum Gasteiger partial charge on any atom is -0.307 e. The molecule has 14 rings (SSSR count). The first-order valence-electron chi connectivity index (χ1n) is 25.5. The first-order chi connectivity index (χ1) is 37.2. The summed E-state index contributed by atoms with van der Waals surface area (Å²) < 4.78 is 4.77. The van der Waals surface area contributed by atoms with E-state index in [9.17, 15) is 0 Å². The summed E-state index contributed by atoms with van der Waals surface area (Å²) in [5, 5.41) is 9.77. The van der Waals surface area contributed by atoms with Gasteiger partial charge in [-0.2, -0.15) is 9.97 Å². The Hall–Kier alpha value is -9.75. The summed E-state index contributed by atoms with van der Waals surface area (Å²) in [4.78, 5) is 16.4. The molecule has 0 aliphatic carbocycles. The summed E-state index contributed by atoms with van der Waals surface area (Å²) in [7, 11) is -2.79. The molecule has 0 saturated carbocycles. The first kappa shape index (κ1) is 44.0. The van der Waals surface area contributed by atoms with Gasteiger partial charge in [0.2, 0.25) is 5.95 Å². The Balaban J connectivity index is 1.05. The predicted octanol–water partition coefficient (Wildman–Crippen LogP) is 14.1. The lowest BCUT2D eigenvalue weighted by Gasteiger charge is -2.34. The molecule has 6 heteroatoms. The van der Waals surface area contributed by atoms with Crippen molar-refractivity contribution in [1.82, 2.24) is 24.1 Å². The highest BCUT2D eigenvalue weighted by atomic mass is 28.3. The van der Waals surface area contributed by atoms with Crippen LogP contribution in [0.3, 0.4) is 0 Å². The van der Waals surface area contributed by atoms with Gasteiger partial charge < -0.3 is 4.57 Å². The van der Waals surface area contributed by atoms with Crippen LogP contribution in [0.5, 0.6) is 0 Å². The van der Waals surface area contributed by atoms with E-state index in [1.165, 1.54) is 20.7 Å². The first-order valence-corrected chi connectivity index (χ1v) is 27.5. The number of para-hydroxylation sites is 2. The lowest BCUT2D eigenvalue weighted by atomic mass is 9.93. The molecule has 0 aliphatic rings. The van der Waals surface area contributed by atoms with E-state index in [1.807, 2.05) is 18.2 Å². The zero-order chi connectivity index (χ0) is 49.7. The molecule has 0 fully saturated rings. The lowest BCUT2D eigenvalue weighted by molar-refractivity contribution is 0.953. The zero-order valence-corrected chi connectivity index (χ0v) is 41.9. The van der Waals surface area contributed by atoms with Crippen molar-refractivity contribution in [2.45, 2.75) is 0 Å². The second kappa shape index (κ2) is 18.4. The van der Waals surface area contributed by atoms with Crippen LogP contribution in [-0.4, -0.2) is 32.2 Å². The van der Waals surface area contributed by atoms with E-state index in [0.29, 0.717) is 17.6 Å². The van der Waals surface area contributed by atoms with Gasteiger partial charge in [-0.05, 0) is 55.6 Å². The molecule has 75 heavy (non-hydrogen) atoms. The molecule has 5 nitrogen and oxygen atoms in total. The molecule has 0 amide bonds. The summed E-state index contributed by atoms with van der Waals surface area (Å²) in [6, 6.07) is 103. The van der Waals surface area contributed by atoms with Crippen molar-refractivity contribution in [3.05, 3.63) is 285 Å². The minimum atomic E-state index is -2.79. The number of nitrogens with zero attached hydrogens (tertiary/aromatic N) is 5. The Kier molecular flexibility index (Phi) is 10.8. The quantitative estimate of drug-likeness (QED) is 0.101. The highest BCUT2D eigenvalue weighted by Crippen LogP contribution is 2.45. The molecule has 352 valence electrons. The molecule has 3 aromatic heterocycles. The van der Waals surface area contributed by atoms with Crippen LogP contribution in [0.25, 0.3) is 100 Å². The smallest absolute Gasteiger partial charge is 0.238 e. The fourth-order valence-corrected chi connectivity index (χ4v) is 16.4. The second-order valence-electron chi connectivity index (χ2n) is 19.1. The van der Waals surface area contributed by atoms with Crippen LogP contribution in [-0.2, 0) is 0 Å². The predicted molar refractivity (Wildman–Crippen MR) is 314 cm³/mol. The van der Waals surface area contributed by atoms with Crippen molar-refractivity contribution in [1.29, 1.82) is 0 Å². The minimum absolute atomic E-state index is 0.543. The largest absolute Gasteiger partial charge is 0.307 e. The number of benzene rings is 11. The lowest BCUT2D eigenvalue weighted by Crippen LogP contribution is -2.74. The molecule has 0 unspecified atom stereocenters. The average molecular weight is 974 g/mol. The van der Waals surface area contributed by atoms with Crippen molar-refractivity contribution < 1.29 is 0 Å². The molecule has 0 atom stereocenters. The van der Waals surface area contributed by atoms with Crippen molar-refractivity contribution in [2.24, 2.45) is 0 Å². The van der Waals surface area contributed by atoms with Crippen molar-refractivity contribution >= 4 is 72.4 Å². The van der Waals surface area contributed by atoms with Gasteiger partial charge in [0, 0.05) is 38.2 Å². The molecular weight excluding hydrogens is 927 g/mol. The summed E-state index contributed by atoms with van der Waals surface area (Å²) in [6.45, 7) is 0. The van der Waals surface area contributed by atoms with Crippen molar-refractivity contribution in [3.63, 3.8) is 0 Å². The highest BCUT2D eigenvalue weighted by Gasteiger charge is 2.41. The number of rotatable bonds is 10. The zero-order valence-electron chi connectivity index (χ0n) is 40.9. The molecule has 3 heterocycles. The summed E-state index contributed by atoms with van der Waals surface area (Å²) in [6.07, 6.45) is 0. The van der Waals surface area contributed by atoms with Gasteiger partial charge in [0.25, 0.3) is 0 Å². The average Bonchev–Trinajstić information content (AvgIpc) is 4.06. The molecule has 14 aromatic rings. The Morgan fingerprint density at radius 3 is 1.19 bits per heavy atom. The van der Waals surface area contributed by atoms with Gasteiger partial charge in [0.1, 0.15) is 0 Å². The van der Waals surface area contributed by atoms with Crippen molar-refractivity contribution in [2.75, 3.05) is 0 Å². The molecular formula is C69H47N5Si. The Labute approximate surface area is 436 Å². The third-order valence-corrected chi connectivity index (χ3v) is 19.7. The Morgan fingerprint density at radius 1 is 0.267 bits per heavy atom. The van der Waals surface area contributed by atoms with Gasteiger partial charge in [0.05, 0.1) is 27.8 Å². The van der Waals surface area contributed by atoms with Gasteiger partial charge in [-0.1, -0.05) is 267 Å². The number of fused-ring (bicyclic) bond motifs is 7. The van der Waals surface area contributed by atoms with E-state index >= 15 is 0 Å². The maximum atomic E-state index is 5.56. The van der Waals surface area contributed by atoms with Gasteiger partial charge >= 0.3 is 0 Å². The molecule has 0 bridgehead atoms. The van der Waals surface area contributed by atoms with Crippen LogP contribution in [0.1, 0.15) is 0 Å². The number of hydrogen-bond acceptors (Lipinski definition) is 3. The monoisotopic (exact) mass is 973 g/mol. The maximum absolute atomic E-state index is 5.56. The molecule has 0 N–H and O–H groups in total. The van der Waals surface area contributed by atoms with Crippen LogP contribution in [0.2, 0.25) is 0 Å². The Bertz CT molecular complexity index is 4270. The molecule has 0 aliphatic heterocycles. The van der Waals surface area contributed by atoms with E-state index in [-0.39, 0.29) is 0 Å². The topological polar surface area (TPSA) is 48.5 Å². The number of hydrogen-bond donors (Lipinski definition) is 0. The fourth-order valence-electron chi connectivity index (χ4n) is 11.7. The van der Waals surface area contributed by atoms with Crippen molar-refractivity contribution in [3.8, 4) is 56.7 Å². The summed E-state index contributed by atoms with van der Waals surface area (Å²) >= 11 is 0.